The van der Waals surface area contributed by atoms with E-state index in [1.807, 2.05) is 60.7 Å². The number of halogens is 2. The van der Waals surface area contributed by atoms with Crippen molar-refractivity contribution in [1.29, 1.82) is 0 Å². The fourth-order valence-corrected chi connectivity index (χ4v) is 8.29. The average Bonchev–Trinajstić information content (AvgIpc) is 3.52. The van der Waals surface area contributed by atoms with Crippen LogP contribution in [0.5, 0.6) is 5.75 Å². The van der Waals surface area contributed by atoms with Gasteiger partial charge in [-0.15, -0.1) is 0 Å². The van der Waals surface area contributed by atoms with E-state index >= 15 is 0 Å². The lowest BCUT2D eigenvalue weighted by Crippen LogP contribution is -2.35. The maximum atomic E-state index is 12.2. The van der Waals surface area contributed by atoms with Crippen molar-refractivity contribution in [3.63, 3.8) is 0 Å². The number of anilines is 1. The van der Waals surface area contributed by atoms with Gasteiger partial charge in [0.15, 0.2) is 12.3 Å². The smallest absolute Gasteiger partial charge is 0.283 e. The van der Waals surface area contributed by atoms with E-state index in [4.69, 9.17) is 9.02 Å². The molecule has 0 fully saturated rings. The Labute approximate surface area is 290 Å². The predicted octanol–water partition coefficient (Wildman–Crippen LogP) is 6.90. The van der Waals surface area contributed by atoms with Gasteiger partial charge in [-0.3, -0.25) is 4.55 Å². The number of ether oxygens (including phenoxy) is 1. The summed E-state index contributed by atoms with van der Waals surface area (Å²) in [6.45, 7) is 3.18. The summed E-state index contributed by atoms with van der Waals surface area (Å²) in [4.78, 5) is 2.07. The first kappa shape index (κ1) is 35.0. The molecule has 2 N–H and O–H groups in total. The summed E-state index contributed by atoms with van der Waals surface area (Å²) in [6, 6.07) is 20.1. The Morgan fingerprint density at radius 3 is 2.39 bits per heavy atom. The number of unbranched alkanes of at least 4 members (excludes halogenated alkanes) is 2. The third kappa shape index (κ3) is 9.16. The van der Waals surface area contributed by atoms with Gasteiger partial charge in [0.1, 0.15) is 4.70 Å². The first-order valence-electron chi connectivity index (χ1n) is 14.7. The number of fused-ring (bicyclic) bond motifs is 2. The highest BCUT2D eigenvalue weighted by molar-refractivity contribution is 9.10. The van der Waals surface area contributed by atoms with Crippen molar-refractivity contribution in [2.75, 3.05) is 29.5 Å². The molecule has 1 aliphatic heterocycles. The number of hydrogen-bond donors (Lipinski definition) is 2. The molecule has 0 unspecified atom stereocenters. The zero-order valence-electron chi connectivity index (χ0n) is 25.0. The molecule has 1 aromatic heterocycles. The molecule has 15 heteroatoms. The summed E-state index contributed by atoms with van der Waals surface area (Å²) in [5.41, 5.74) is 6.34. The van der Waals surface area contributed by atoms with Crippen LogP contribution >= 0.6 is 43.2 Å². The third-order valence-corrected chi connectivity index (χ3v) is 11.3. The molecule has 4 aromatic rings. The number of aryl methyl sites for hydroxylation is 1. The van der Waals surface area contributed by atoms with Crippen LogP contribution in [0.1, 0.15) is 37.6 Å². The summed E-state index contributed by atoms with van der Waals surface area (Å²) in [5, 5.41) is 0.905. The molecule has 2 heterocycles. The first-order valence-corrected chi connectivity index (χ1v) is 20.3. The molecule has 0 bridgehead atoms. The summed E-state index contributed by atoms with van der Waals surface area (Å²) in [7, 11) is -7.73. The standard InChI is InChI=1S/C31H33Br2N3O7S3/c1-2-34-43-46(40,41)18-6-4-15-35-26-19-23(22-7-10-24(32)11-8-22)9-13-28(26)42-30(35)21-31-36(16-3-5-17-45(37,38)39)27-20-25(33)12-14-29(27)44-31/h7-14,19-21,34H,2-6,15-18H2,1H3/p+1. The van der Waals surface area contributed by atoms with Crippen molar-refractivity contribution in [1.82, 2.24) is 5.48 Å². The maximum Gasteiger partial charge on any atom is 0.283 e. The van der Waals surface area contributed by atoms with Gasteiger partial charge >= 0.3 is 0 Å². The van der Waals surface area contributed by atoms with E-state index in [1.54, 1.807) is 18.3 Å². The second-order valence-corrected chi connectivity index (χ2v) is 16.8. The van der Waals surface area contributed by atoms with Gasteiger partial charge in [0.2, 0.25) is 11.4 Å². The van der Waals surface area contributed by atoms with Crippen LogP contribution in [0.25, 0.3) is 27.4 Å². The number of thiazole rings is 1. The van der Waals surface area contributed by atoms with Crippen molar-refractivity contribution in [2.24, 2.45) is 0 Å². The Morgan fingerprint density at radius 2 is 1.65 bits per heavy atom. The Bertz CT molecular complexity index is 1950. The van der Waals surface area contributed by atoms with Gasteiger partial charge in [0.05, 0.1) is 23.3 Å². The molecule has 3 aromatic carbocycles. The van der Waals surface area contributed by atoms with Crippen molar-refractivity contribution in [2.45, 2.75) is 39.2 Å². The van der Waals surface area contributed by atoms with E-state index in [0.717, 1.165) is 41.0 Å². The molecule has 0 radical (unpaired) electrons. The minimum absolute atomic E-state index is 0.117. The summed E-state index contributed by atoms with van der Waals surface area (Å²) >= 11 is 8.65. The van der Waals surface area contributed by atoms with Crippen LogP contribution in [0.4, 0.5) is 5.69 Å². The number of benzene rings is 3. The van der Waals surface area contributed by atoms with Gasteiger partial charge in [-0.2, -0.15) is 31.2 Å². The second kappa shape index (κ2) is 15.2. The van der Waals surface area contributed by atoms with Crippen LogP contribution in [-0.2, 0) is 31.1 Å². The summed E-state index contributed by atoms with van der Waals surface area (Å²) in [6.07, 6.45) is 3.80. The maximum absolute atomic E-state index is 12.2. The molecule has 0 saturated carbocycles. The highest BCUT2D eigenvalue weighted by Crippen LogP contribution is 2.42. The topological polar surface area (TPSA) is 126 Å². The molecule has 5 rings (SSSR count). The van der Waals surface area contributed by atoms with E-state index in [9.17, 15) is 21.4 Å². The largest absolute Gasteiger partial charge is 0.438 e. The van der Waals surface area contributed by atoms with Gasteiger partial charge in [-0.05, 0) is 66.8 Å². The predicted molar refractivity (Wildman–Crippen MR) is 189 cm³/mol. The normalized spacial score (nSPS) is 14.3. The van der Waals surface area contributed by atoms with Crippen LogP contribution in [0, 0.1) is 0 Å². The lowest BCUT2D eigenvalue weighted by molar-refractivity contribution is -0.669. The summed E-state index contributed by atoms with van der Waals surface area (Å²) in [5.74, 6) is 0.887. The van der Waals surface area contributed by atoms with Crippen molar-refractivity contribution >= 4 is 85.4 Å². The van der Waals surface area contributed by atoms with Crippen LogP contribution in [-0.4, -0.2) is 46.0 Å². The SMILES string of the molecule is CCNOS(=O)(=O)CCCCN1C(=Cc2sc3ccc(Br)cc3[n+]2CCCCS(=O)(=O)O)Oc2ccc(-c3ccc(Br)cc3)cc21. The Morgan fingerprint density at radius 1 is 0.935 bits per heavy atom. The number of nitrogens with zero attached hydrogens (tertiary/aromatic N) is 2. The molecule has 0 amide bonds. The van der Waals surface area contributed by atoms with Gasteiger partial charge in [0.25, 0.3) is 25.2 Å². The molecule has 10 nitrogen and oxygen atoms in total. The molecule has 1 aliphatic rings. The lowest BCUT2D eigenvalue weighted by Gasteiger charge is -2.18. The van der Waals surface area contributed by atoms with E-state index in [-0.39, 0.29) is 11.5 Å². The fraction of sp³-hybridized carbons (Fsp3) is 0.323. The number of rotatable bonds is 15. The number of hydrogen-bond acceptors (Lipinski definition) is 9. The fourth-order valence-electron chi connectivity index (χ4n) is 5.07. The minimum Gasteiger partial charge on any atom is -0.438 e. The molecule has 0 aliphatic carbocycles. The highest BCUT2D eigenvalue weighted by Gasteiger charge is 2.30. The van der Waals surface area contributed by atoms with Crippen LogP contribution in [0.3, 0.4) is 0 Å². The average molecular weight is 817 g/mol. The lowest BCUT2D eigenvalue weighted by atomic mass is 10.0. The van der Waals surface area contributed by atoms with Gasteiger partial charge in [0, 0.05) is 34.5 Å². The van der Waals surface area contributed by atoms with Gasteiger partial charge < -0.3 is 9.64 Å². The Hall–Kier alpha value is -2.37. The number of aromatic nitrogens is 1. The van der Waals surface area contributed by atoms with Crippen molar-refractivity contribution in [3.05, 3.63) is 80.5 Å². The quantitative estimate of drug-likeness (QED) is 0.0571. The van der Waals surface area contributed by atoms with E-state index in [0.29, 0.717) is 57.0 Å². The molecule has 0 atom stereocenters. The zero-order chi connectivity index (χ0) is 32.9. The van der Waals surface area contributed by atoms with Crippen molar-refractivity contribution < 1.29 is 35.0 Å². The molecule has 246 valence electrons. The Balaban J connectivity index is 1.47. The van der Waals surface area contributed by atoms with E-state index in [1.165, 1.54) is 0 Å². The van der Waals surface area contributed by atoms with Gasteiger partial charge in [-0.25, -0.2) is 0 Å². The van der Waals surface area contributed by atoms with Crippen LogP contribution in [0.2, 0.25) is 0 Å². The zero-order valence-corrected chi connectivity index (χ0v) is 30.6. The minimum atomic E-state index is -4.04. The van der Waals surface area contributed by atoms with E-state index in [2.05, 4.69) is 52.9 Å². The van der Waals surface area contributed by atoms with Crippen LogP contribution in [0.15, 0.2) is 75.5 Å². The highest BCUT2D eigenvalue weighted by atomic mass is 79.9. The molecule has 46 heavy (non-hydrogen) atoms. The number of hydroxylamine groups is 1. The molecule has 0 saturated heterocycles. The third-order valence-electron chi connectivity index (χ3n) is 7.24. The second-order valence-electron chi connectivity index (χ2n) is 10.7. The number of nitrogens with one attached hydrogen (secondary N) is 1. The molecule has 0 spiro atoms. The Kier molecular flexibility index (Phi) is 11.6. The summed E-state index contributed by atoms with van der Waals surface area (Å²) < 4.78 is 72.6. The van der Waals surface area contributed by atoms with Gasteiger partial charge in [-0.1, -0.05) is 68.3 Å². The van der Waals surface area contributed by atoms with Crippen molar-refractivity contribution in [3.8, 4) is 16.9 Å². The first-order chi connectivity index (χ1) is 21.9. The van der Waals surface area contributed by atoms with E-state index < -0.39 is 20.2 Å². The molecular formula is C31H34Br2N3O7S3+. The molecular weight excluding hydrogens is 782 g/mol. The van der Waals surface area contributed by atoms with Crippen LogP contribution < -0.4 is 19.7 Å². The monoisotopic (exact) mass is 814 g/mol.